The smallest absolute Gasteiger partial charge is 0.308 e. The second kappa shape index (κ2) is 10.2. The van der Waals surface area contributed by atoms with Crippen LogP contribution in [0.4, 0.5) is 0 Å². The Morgan fingerprint density at radius 2 is 1.38 bits per heavy atom. The fourth-order valence-corrected chi connectivity index (χ4v) is 3.69. The summed E-state index contributed by atoms with van der Waals surface area (Å²) in [7, 11) is 1.47. The zero-order valence-electron chi connectivity index (χ0n) is 14.7. The lowest BCUT2D eigenvalue weighted by Gasteiger charge is -2.25. The van der Waals surface area contributed by atoms with Gasteiger partial charge in [0.2, 0.25) is 0 Å². The van der Waals surface area contributed by atoms with Crippen LogP contribution >= 0.6 is 0 Å². The number of esters is 1. The van der Waals surface area contributed by atoms with E-state index in [-0.39, 0.29) is 11.9 Å². The van der Waals surface area contributed by atoms with Crippen LogP contribution < -0.4 is 0 Å². The van der Waals surface area contributed by atoms with Gasteiger partial charge in [-0.1, -0.05) is 59.3 Å². The number of hydrogen-bond acceptors (Lipinski definition) is 2. The molecule has 2 saturated carbocycles. The van der Waals surface area contributed by atoms with E-state index in [1.54, 1.807) is 0 Å². The molecule has 2 heteroatoms. The first-order chi connectivity index (χ1) is 10.1. The molecule has 0 atom stereocenters. The summed E-state index contributed by atoms with van der Waals surface area (Å²) >= 11 is 0. The Bertz CT molecular complexity index is 271. The monoisotopic (exact) mass is 296 g/mol. The summed E-state index contributed by atoms with van der Waals surface area (Å²) < 4.78 is 4.69. The summed E-state index contributed by atoms with van der Waals surface area (Å²) in [6.07, 6.45) is 13.3. The maximum absolute atomic E-state index is 11.1. The predicted molar refractivity (Wildman–Crippen MR) is 89.2 cm³/mol. The van der Waals surface area contributed by atoms with Crippen molar-refractivity contribution in [1.82, 2.24) is 0 Å². The molecule has 2 aliphatic rings. The third-order valence-electron chi connectivity index (χ3n) is 5.38. The van der Waals surface area contributed by atoms with Crippen molar-refractivity contribution < 1.29 is 9.53 Å². The molecule has 2 nitrogen and oxygen atoms in total. The van der Waals surface area contributed by atoms with Gasteiger partial charge in [-0.2, -0.15) is 0 Å². The lowest BCUT2D eigenvalue weighted by Crippen LogP contribution is -2.21. The molecule has 0 aliphatic heterocycles. The Morgan fingerprint density at radius 3 is 1.81 bits per heavy atom. The zero-order chi connectivity index (χ0) is 15.7. The fraction of sp³-hybridized carbons (Fsp3) is 0.947. The molecule has 0 aromatic heterocycles. The quantitative estimate of drug-likeness (QED) is 0.634. The number of ether oxygens (including phenoxy) is 1. The van der Waals surface area contributed by atoms with Crippen molar-refractivity contribution in [3.63, 3.8) is 0 Å². The second-order valence-corrected chi connectivity index (χ2v) is 7.39. The summed E-state index contributed by atoms with van der Waals surface area (Å²) in [5.41, 5.74) is 0. The van der Waals surface area contributed by atoms with E-state index in [1.807, 2.05) is 0 Å². The fourth-order valence-electron chi connectivity index (χ4n) is 3.69. The Morgan fingerprint density at radius 1 is 0.905 bits per heavy atom. The minimum Gasteiger partial charge on any atom is -0.469 e. The van der Waals surface area contributed by atoms with Crippen LogP contribution in [0.2, 0.25) is 0 Å². The van der Waals surface area contributed by atoms with Gasteiger partial charge in [0.05, 0.1) is 13.0 Å². The van der Waals surface area contributed by atoms with Crippen LogP contribution in [-0.4, -0.2) is 13.1 Å². The maximum atomic E-state index is 11.1. The normalized spacial score (nSPS) is 32.8. The van der Waals surface area contributed by atoms with E-state index in [0.29, 0.717) is 0 Å². The van der Waals surface area contributed by atoms with Crippen LogP contribution in [0.1, 0.15) is 85.0 Å². The largest absolute Gasteiger partial charge is 0.469 e. The predicted octanol–water partition coefficient (Wildman–Crippen LogP) is 5.60. The van der Waals surface area contributed by atoms with Crippen LogP contribution in [0.5, 0.6) is 0 Å². The number of rotatable bonds is 3. The first-order valence-corrected chi connectivity index (χ1v) is 9.14. The Labute approximate surface area is 132 Å². The molecule has 0 heterocycles. The van der Waals surface area contributed by atoms with E-state index in [9.17, 15) is 4.79 Å². The van der Waals surface area contributed by atoms with Crippen LogP contribution in [-0.2, 0) is 9.53 Å². The van der Waals surface area contributed by atoms with Crippen LogP contribution in [0, 0.1) is 23.7 Å². The van der Waals surface area contributed by atoms with Gasteiger partial charge in [0.15, 0.2) is 0 Å². The molecule has 0 N–H and O–H groups in total. The van der Waals surface area contributed by atoms with Crippen molar-refractivity contribution in [1.29, 1.82) is 0 Å². The average Bonchev–Trinajstić information content (AvgIpc) is 2.50. The van der Waals surface area contributed by atoms with Gasteiger partial charge in [-0.3, -0.25) is 4.79 Å². The van der Waals surface area contributed by atoms with Crippen molar-refractivity contribution in [3.05, 3.63) is 0 Å². The highest BCUT2D eigenvalue weighted by molar-refractivity contribution is 5.72. The summed E-state index contributed by atoms with van der Waals surface area (Å²) in [5.74, 6) is 3.08. The molecule has 124 valence electrons. The average molecular weight is 296 g/mol. The molecule has 0 aromatic rings. The molecule has 0 unspecified atom stereocenters. The number of hydrogen-bond donors (Lipinski definition) is 0. The SMILES string of the molecule is CCCC1CCC(C)CC1.COC(=O)C1CCC(C)CC1. The molecule has 2 rings (SSSR count). The topological polar surface area (TPSA) is 26.3 Å². The lowest BCUT2D eigenvalue weighted by atomic mass is 9.81. The number of methoxy groups -OCH3 is 1. The van der Waals surface area contributed by atoms with E-state index >= 15 is 0 Å². The standard InChI is InChI=1S/C10H20.C9H16O2/c1-3-4-10-7-5-9(2)6-8-10;1-7-3-5-8(6-4-7)9(10)11-2/h9-10H,3-8H2,1-2H3;7-8H,3-6H2,1-2H3. The zero-order valence-corrected chi connectivity index (χ0v) is 14.7. The van der Waals surface area contributed by atoms with Crippen molar-refractivity contribution in [2.45, 2.75) is 85.0 Å². The summed E-state index contributed by atoms with van der Waals surface area (Å²) in [6.45, 7) is 6.94. The molecular weight excluding hydrogens is 260 g/mol. The van der Waals surface area contributed by atoms with E-state index in [1.165, 1.54) is 58.5 Å². The van der Waals surface area contributed by atoms with Gasteiger partial charge in [-0.25, -0.2) is 0 Å². The Hall–Kier alpha value is -0.530. The summed E-state index contributed by atoms with van der Waals surface area (Å²) in [4.78, 5) is 11.1. The molecule has 0 radical (unpaired) electrons. The van der Waals surface area contributed by atoms with E-state index < -0.39 is 0 Å². The van der Waals surface area contributed by atoms with E-state index in [2.05, 4.69) is 25.5 Å². The van der Waals surface area contributed by atoms with Gasteiger partial charge in [-0.05, 0) is 43.4 Å². The van der Waals surface area contributed by atoms with Gasteiger partial charge in [0, 0.05) is 0 Å². The van der Waals surface area contributed by atoms with Crippen molar-refractivity contribution in [2.75, 3.05) is 7.11 Å². The first kappa shape index (κ1) is 18.5. The third kappa shape index (κ3) is 7.33. The Balaban J connectivity index is 0.000000211. The van der Waals surface area contributed by atoms with Crippen LogP contribution in [0.25, 0.3) is 0 Å². The van der Waals surface area contributed by atoms with Gasteiger partial charge >= 0.3 is 5.97 Å². The molecule has 0 spiro atoms. The highest BCUT2D eigenvalue weighted by atomic mass is 16.5. The van der Waals surface area contributed by atoms with Gasteiger partial charge in [0.25, 0.3) is 0 Å². The lowest BCUT2D eigenvalue weighted by molar-refractivity contribution is -0.146. The van der Waals surface area contributed by atoms with Crippen LogP contribution in [0.15, 0.2) is 0 Å². The molecule has 0 bridgehead atoms. The van der Waals surface area contributed by atoms with Gasteiger partial charge in [-0.15, -0.1) is 0 Å². The third-order valence-corrected chi connectivity index (χ3v) is 5.38. The highest BCUT2D eigenvalue weighted by Gasteiger charge is 2.24. The van der Waals surface area contributed by atoms with Crippen molar-refractivity contribution in [3.8, 4) is 0 Å². The van der Waals surface area contributed by atoms with Gasteiger partial charge < -0.3 is 4.74 Å². The molecule has 2 aliphatic carbocycles. The van der Waals surface area contributed by atoms with Gasteiger partial charge in [0.1, 0.15) is 0 Å². The minimum absolute atomic E-state index is 0.0168. The molecule has 0 amide bonds. The molecule has 21 heavy (non-hydrogen) atoms. The molecule has 2 fully saturated rings. The minimum atomic E-state index is -0.0168. The summed E-state index contributed by atoms with van der Waals surface area (Å²) in [5, 5.41) is 0. The Kier molecular flexibility index (Phi) is 9.03. The highest BCUT2D eigenvalue weighted by Crippen LogP contribution is 2.31. The summed E-state index contributed by atoms with van der Waals surface area (Å²) in [6, 6.07) is 0. The molecular formula is C19H36O2. The van der Waals surface area contributed by atoms with Crippen LogP contribution in [0.3, 0.4) is 0 Å². The first-order valence-electron chi connectivity index (χ1n) is 9.14. The number of carbonyl (C=O) groups is 1. The van der Waals surface area contributed by atoms with E-state index in [0.717, 1.165) is 30.6 Å². The molecule has 0 aromatic carbocycles. The molecule has 0 saturated heterocycles. The number of carbonyl (C=O) groups excluding carboxylic acids is 1. The van der Waals surface area contributed by atoms with Crippen molar-refractivity contribution in [2.24, 2.45) is 23.7 Å². The second-order valence-electron chi connectivity index (χ2n) is 7.39. The van der Waals surface area contributed by atoms with Crippen molar-refractivity contribution >= 4 is 5.97 Å². The van der Waals surface area contributed by atoms with E-state index in [4.69, 9.17) is 0 Å². The maximum Gasteiger partial charge on any atom is 0.308 e.